The summed E-state index contributed by atoms with van der Waals surface area (Å²) >= 11 is 11.2. The molecule has 44 valence electrons. The zero-order chi connectivity index (χ0) is 5.98. The first-order valence-electron chi connectivity index (χ1n) is 2.29. The van der Waals surface area contributed by atoms with Crippen LogP contribution in [0.2, 0.25) is 0 Å². The summed E-state index contributed by atoms with van der Waals surface area (Å²) in [4.78, 5) is 0. The van der Waals surface area contributed by atoms with Gasteiger partial charge >= 0.3 is 0 Å². The second kappa shape index (κ2) is 2.87. The molecule has 1 rings (SSSR count). The van der Waals surface area contributed by atoms with Gasteiger partial charge in [-0.1, -0.05) is 40.7 Å². The summed E-state index contributed by atoms with van der Waals surface area (Å²) in [6.07, 6.45) is 7.07. The third kappa shape index (κ3) is 1.48. The van der Waals surface area contributed by atoms with Crippen molar-refractivity contribution >= 4 is 29.1 Å². The minimum Gasteiger partial charge on any atom is -0.0800 e. The van der Waals surface area contributed by atoms with Crippen LogP contribution in [0.3, 0.4) is 0 Å². The Morgan fingerprint density at radius 3 is 2.50 bits per heavy atom. The van der Waals surface area contributed by atoms with Crippen LogP contribution in [0.15, 0.2) is 23.5 Å². The Bertz CT molecular complexity index is 137. The third-order valence-electron chi connectivity index (χ3n) is 0.947. The maximum Gasteiger partial charge on any atom is 0.116 e. The van der Waals surface area contributed by atoms with Crippen LogP contribution in [-0.4, -0.2) is 0 Å². The first-order chi connectivity index (χ1) is 3.80. The van der Waals surface area contributed by atoms with Crippen molar-refractivity contribution in [1.82, 2.24) is 0 Å². The van der Waals surface area contributed by atoms with Gasteiger partial charge in [0.2, 0.25) is 0 Å². The lowest BCUT2D eigenvalue weighted by molar-refractivity contribution is 1.45. The van der Waals surface area contributed by atoms with Gasteiger partial charge in [0.05, 0.1) is 0 Å². The fraction of sp³-hybridized carbons (Fsp3) is 0.200. The zero-order valence-corrected chi connectivity index (χ0v) is 6.55. The Morgan fingerprint density at radius 2 is 2.25 bits per heavy atom. The van der Waals surface area contributed by atoms with E-state index in [1.54, 1.807) is 0 Å². The molecule has 0 aromatic heterocycles. The molecule has 0 aromatic carbocycles. The van der Waals surface area contributed by atoms with Gasteiger partial charge in [-0.15, -0.1) is 0 Å². The third-order valence-corrected chi connectivity index (χ3v) is 2.84. The lowest BCUT2D eigenvalue weighted by Crippen LogP contribution is -1.55. The van der Waals surface area contributed by atoms with Gasteiger partial charge in [0.15, 0.2) is 0 Å². The van der Waals surface area contributed by atoms with Gasteiger partial charge in [-0.05, 0) is 6.42 Å². The molecular formula is C5H5Cl2P. The molecule has 0 aliphatic heterocycles. The second-order valence-electron chi connectivity index (χ2n) is 1.50. The summed E-state index contributed by atoms with van der Waals surface area (Å²) in [5, 5.41) is 1.09. The van der Waals surface area contributed by atoms with E-state index in [0.29, 0.717) is 0 Å². The summed E-state index contributed by atoms with van der Waals surface area (Å²) in [5.41, 5.74) is 0. The van der Waals surface area contributed by atoms with E-state index >= 15 is 0 Å². The Labute approximate surface area is 59.5 Å². The molecule has 0 bridgehead atoms. The Hall–Kier alpha value is 0.490. The first-order valence-corrected chi connectivity index (χ1v) is 5.44. The molecule has 0 fully saturated rings. The predicted octanol–water partition coefficient (Wildman–Crippen LogP) is 3.62. The van der Waals surface area contributed by atoms with Crippen molar-refractivity contribution in [2.75, 3.05) is 0 Å². The molecule has 0 nitrogen and oxygen atoms in total. The van der Waals surface area contributed by atoms with Crippen molar-refractivity contribution in [3.63, 3.8) is 0 Å². The highest BCUT2D eigenvalue weighted by molar-refractivity contribution is 8.06. The highest BCUT2D eigenvalue weighted by Gasteiger charge is 2.05. The zero-order valence-electron chi connectivity index (χ0n) is 4.14. The monoisotopic (exact) mass is 166 g/mol. The highest BCUT2D eigenvalue weighted by atomic mass is 35.9. The Morgan fingerprint density at radius 1 is 1.50 bits per heavy atom. The molecule has 0 aromatic rings. The molecule has 1 aliphatic carbocycles. The van der Waals surface area contributed by atoms with Crippen LogP contribution < -0.4 is 0 Å². The smallest absolute Gasteiger partial charge is 0.0800 e. The minimum atomic E-state index is -0.883. The minimum absolute atomic E-state index is 0.883. The largest absolute Gasteiger partial charge is 0.116 e. The van der Waals surface area contributed by atoms with Crippen molar-refractivity contribution < 1.29 is 0 Å². The number of halogens is 2. The molecule has 0 spiro atoms. The summed E-state index contributed by atoms with van der Waals surface area (Å²) in [6, 6.07) is 0. The molecule has 0 atom stereocenters. The van der Waals surface area contributed by atoms with E-state index < -0.39 is 6.63 Å². The summed E-state index contributed by atoms with van der Waals surface area (Å²) < 4.78 is 0. The number of hydrogen-bond donors (Lipinski definition) is 0. The van der Waals surface area contributed by atoms with Crippen molar-refractivity contribution in [1.29, 1.82) is 0 Å². The van der Waals surface area contributed by atoms with Crippen LogP contribution in [0.4, 0.5) is 0 Å². The van der Waals surface area contributed by atoms with E-state index in [1.807, 2.05) is 12.2 Å². The molecule has 0 radical (unpaired) electrons. The molecule has 3 heteroatoms. The second-order valence-corrected chi connectivity index (χ2v) is 5.03. The fourth-order valence-corrected chi connectivity index (χ4v) is 1.78. The Kier molecular flexibility index (Phi) is 2.37. The number of allylic oxidation sites excluding steroid dienone is 4. The molecule has 1 aliphatic rings. The maximum atomic E-state index is 5.59. The first kappa shape index (κ1) is 6.61. The molecule has 0 amide bonds. The van der Waals surface area contributed by atoms with Crippen LogP contribution >= 0.6 is 29.1 Å². The van der Waals surface area contributed by atoms with Crippen molar-refractivity contribution in [3.8, 4) is 0 Å². The van der Waals surface area contributed by atoms with Crippen LogP contribution in [0.25, 0.3) is 0 Å². The maximum absolute atomic E-state index is 5.59. The van der Waals surface area contributed by atoms with E-state index in [1.165, 1.54) is 0 Å². The van der Waals surface area contributed by atoms with Gasteiger partial charge in [0.1, 0.15) is 6.63 Å². The quantitative estimate of drug-likeness (QED) is 0.523. The van der Waals surface area contributed by atoms with E-state index in [4.69, 9.17) is 22.5 Å². The van der Waals surface area contributed by atoms with E-state index in [-0.39, 0.29) is 0 Å². The summed E-state index contributed by atoms with van der Waals surface area (Å²) in [7, 11) is 0. The normalized spacial score (nSPS) is 17.6. The van der Waals surface area contributed by atoms with Crippen molar-refractivity contribution in [2.24, 2.45) is 0 Å². The van der Waals surface area contributed by atoms with Crippen LogP contribution in [-0.2, 0) is 0 Å². The molecule has 0 saturated heterocycles. The van der Waals surface area contributed by atoms with Crippen molar-refractivity contribution in [2.45, 2.75) is 6.42 Å². The predicted molar refractivity (Wildman–Crippen MR) is 40.5 cm³/mol. The number of rotatable bonds is 1. The fourth-order valence-electron chi connectivity index (χ4n) is 0.571. The summed E-state index contributed by atoms with van der Waals surface area (Å²) in [6.45, 7) is -0.883. The van der Waals surface area contributed by atoms with E-state index in [0.717, 1.165) is 11.7 Å². The molecular weight excluding hydrogens is 162 g/mol. The lowest BCUT2D eigenvalue weighted by atomic mass is 10.5. The van der Waals surface area contributed by atoms with Gasteiger partial charge in [0, 0.05) is 5.31 Å². The van der Waals surface area contributed by atoms with E-state index in [2.05, 4.69) is 6.08 Å². The van der Waals surface area contributed by atoms with Gasteiger partial charge in [-0.3, -0.25) is 0 Å². The summed E-state index contributed by atoms with van der Waals surface area (Å²) in [5.74, 6) is 0. The number of hydrogen-bond acceptors (Lipinski definition) is 0. The topological polar surface area (TPSA) is 0 Å². The van der Waals surface area contributed by atoms with Crippen LogP contribution in [0.5, 0.6) is 0 Å². The van der Waals surface area contributed by atoms with Gasteiger partial charge in [-0.2, -0.15) is 0 Å². The van der Waals surface area contributed by atoms with Crippen molar-refractivity contribution in [3.05, 3.63) is 23.5 Å². The average molecular weight is 167 g/mol. The van der Waals surface area contributed by atoms with E-state index in [9.17, 15) is 0 Å². The molecule has 8 heavy (non-hydrogen) atoms. The van der Waals surface area contributed by atoms with Gasteiger partial charge < -0.3 is 0 Å². The molecule has 0 saturated carbocycles. The molecule has 0 heterocycles. The highest BCUT2D eigenvalue weighted by Crippen LogP contribution is 2.56. The van der Waals surface area contributed by atoms with Gasteiger partial charge in [-0.25, -0.2) is 0 Å². The molecule has 0 unspecified atom stereocenters. The standard InChI is InChI=1S/C5H5Cl2P/c6-8(7)5-3-1-2-4-5/h1,3-4H,2H2. The molecule has 0 N–H and O–H groups in total. The SMILES string of the molecule is ClP(Cl)C1=CCC=C1. The average Bonchev–Trinajstić information content (AvgIpc) is 2.12. The van der Waals surface area contributed by atoms with Gasteiger partial charge in [0.25, 0.3) is 0 Å². The lowest BCUT2D eigenvalue weighted by Gasteiger charge is -1.93. The van der Waals surface area contributed by atoms with Crippen LogP contribution in [0.1, 0.15) is 6.42 Å². The van der Waals surface area contributed by atoms with Crippen LogP contribution in [0, 0.1) is 0 Å². The Balaban J connectivity index is 2.58.